The van der Waals surface area contributed by atoms with Crippen LogP contribution in [0.1, 0.15) is 5.56 Å². The first-order valence-electron chi connectivity index (χ1n) is 4.01. The molecule has 0 unspecified atom stereocenters. The van der Waals surface area contributed by atoms with Crippen LogP contribution in [0.3, 0.4) is 0 Å². The highest BCUT2D eigenvalue weighted by molar-refractivity contribution is 7.81. The van der Waals surface area contributed by atoms with Gasteiger partial charge in [0.25, 0.3) is 0 Å². The van der Waals surface area contributed by atoms with Crippen molar-refractivity contribution in [3.63, 3.8) is 0 Å². The topological polar surface area (TPSA) is 52.6 Å². The predicted molar refractivity (Wildman–Crippen MR) is 58.9 cm³/mol. The van der Waals surface area contributed by atoms with Gasteiger partial charge in [0.2, 0.25) is 0 Å². The van der Waals surface area contributed by atoms with Gasteiger partial charge in [-0.3, -0.25) is 8.37 Å². The summed E-state index contributed by atoms with van der Waals surface area (Å²) in [6, 6.07) is 9.96. The summed E-state index contributed by atoms with van der Waals surface area (Å²) >= 11 is 5.53. The van der Waals surface area contributed by atoms with Crippen molar-refractivity contribution in [3.05, 3.63) is 35.9 Å². The largest absolute Gasteiger partial charge is 0.399 e. The number of rotatable bonds is 3. The third kappa shape index (κ3) is 7.33. The van der Waals surface area contributed by atoms with E-state index in [2.05, 4.69) is 8.37 Å². The van der Waals surface area contributed by atoms with Crippen LogP contribution in [0.4, 0.5) is 0 Å². The SMILES string of the molecule is COS(=O)(=O)OC.ClCc1ccccc1. The first kappa shape index (κ1) is 14.4. The van der Waals surface area contributed by atoms with Crippen molar-refractivity contribution in [3.8, 4) is 0 Å². The summed E-state index contributed by atoms with van der Waals surface area (Å²) in [6.45, 7) is 0. The lowest BCUT2D eigenvalue weighted by Crippen LogP contribution is -2.02. The van der Waals surface area contributed by atoms with E-state index in [4.69, 9.17) is 11.6 Å². The molecule has 0 fully saturated rings. The van der Waals surface area contributed by atoms with E-state index in [1.165, 1.54) is 5.56 Å². The Kier molecular flexibility index (Phi) is 7.33. The molecular weight excluding hydrogens is 240 g/mol. The Morgan fingerprint density at radius 2 is 1.60 bits per heavy atom. The van der Waals surface area contributed by atoms with Crippen LogP contribution in [0.5, 0.6) is 0 Å². The van der Waals surface area contributed by atoms with Crippen molar-refractivity contribution in [2.24, 2.45) is 0 Å². The highest BCUT2D eigenvalue weighted by atomic mass is 35.5. The van der Waals surface area contributed by atoms with E-state index in [9.17, 15) is 8.42 Å². The zero-order valence-corrected chi connectivity index (χ0v) is 10.1. The van der Waals surface area contributed by atoms with Crippen molar-refractivity contribution >= 4 is 22.0 Å². The average molecular weight is 253 g/mol. The zero-order chi connectivity index (χ0) is 11.7. The van der Waals surface area contributed by atoms with Gasteiger partial charge in [-0.25, -0.2) is 0 Å². The van der Waals surface area contributed by atoms with E-state index in [0.29, 0.717) is 5.88 Å². The van der Waals surface area contributed by atoms with Crippen LogP contribution < -0.4 is 0 Å². The molecule has 4 nitrogen and oxygen atoms in total. The van der Waals surface area contributed by atoms with Crippen LogP contribution in [-0.4, -0.2) is 22.6 Å². The molecule has 0 aliphatic carbocycles. The molecule has 0 heterocycles. The quantitative estimate of drug-likeness (QED) is 0.772. The summed E-state index contributed by atoms with van der Waals surface area (Å²) < 4.78 is 27.5. The Bertz CT molecular complexity index is 340. The van der Waals surface area contributed by atoms with Crippen LogP contribution in [0.2, 0.25) is 0 Å². The summed E-state index contributed by atoms with van der Waals surface area (Å²) in [5.41, 5.74) is 1.18. The van der Waals surface area contributed by atoms with Crippen molar-refractivity contribution < 1.29 is 16.8 Å². The molecule has 0 aliphatic heterocycles. The molecule has 6 heteroatoms. The molecule has 0 saturated heterocycles. The van der Waals surface area contributed by atoms with Gasteiger partial charge in [0.15, 0.2) is 0 Å². The number of alkyl halides is 1. The molecule has 15 heavy (non-hydrogen) atoms. The Labute approximate surface area is 95.1 Å². The van der Waals surface area contributed by atoms with E-state index >= 15 is 0 Å². The highest BCUT2D eigenvalue weighted by Gasteiger charge is 2.01. The Hall–Kier alpha value is -0.620. The minimum atomic E-state index is -3.66. The van der Waals surface area contributed by atoms with Crippen LogP contribution in [-0.2, 0) is 24.6 Å². The number of hydrogen-bond donors (Lipinski definition) is 0. The fourth-order valence-electron chi connectivity index (χ4n) is 0.635. The number of halogens is 1. The lowest BCUT2D eigenvalue weighted by molar-refractivity contribution is 0.286. The van der Waals surface area contributed by atoms with E-state index in [-0.39, 0.29) is 0 Å². The summed E-state index contributed by atoms with van der Waals surface area (Å²) in [5.74, 6) is 0.612. The van der Waals surface area contributed by atoms with Crippen molar-refractivity contribution in [2.45, 2.75) is 5.88 Å². The first-order chi connectivity index (χ1) is 7.05. The molecule has 0 aromatic heterocycles. The van der Waals surface area contributed by atoms with Gasteiger partial charge in [-0.1, -0.05) is 30.3 Å². The lowest BCUT2D eigenvalue weighted by atomic mass is 10.2. The van der Waals surface area contributed by atoms with Gasteiger partial charge in [0, 0.05) is 5.88 Å². The van der Waals surface area contributed by atoms with Crippen LogP contribution in [0.15, 0.2) is 30.3 Å². The summed E-state index contributed by atoms with van der Waals surface area (Å²) in [5, 5.41) is 0. The molecule has 1 rings (SSSR count). The van der Waals surface area contributed by atoms with Crippen molar-refractivity contribution in [1.29, 1.82) is 0 Å². The van der Waals surface area contributed by atoms with Crippen molar-refractivity contribution in [2.75, 3.05) is 14.2 Å². The van der Waals surface area contributed by atoms with E-state index in [0.717, 1.165) is 14.2 Å². The molecule has 1 aromatic carbocycles. The molecule has 0 atom stereocenters. The molecule has 1 aromatic rings. The Balaban J connectivity index is 0.000000265. The molecular formula is C9H13ClO4S. The van der Waals surface area contributed by atoms with Crippen LogP contribution in [0, 0.1) is 0 Å². The summed E-state index contributed by atoms with van der Waals surface area (Å²) in [7, 11) is -1.60. The van der Waals surface area contributed by atoms with Gasteiger partial charge >= 0.3 is 10.4 Å². The number of hydrogen-bond acceptors (Lipinski definition) is 4. The maximum atomic E-state index is 9.92. The Morgan fingerprint density at radius 3 is 1.80 bits per heavy atom. The van der Waals surface area contributed by atoms with Gasteiger partial charge in [-0.2, -0.15) is 8.42 Å². The molecule has 86 valence electrons. The third-order valence-electron chi connectivity index (χ3n) is 1.41. The number of benzene rings is 1. The fourth-order valence-corrected chi connectivity index (χ4v) is 0.949. The fraction of sp³-hybridized carbons (Fsp3) is 0.333. The first-order valence-corrected chi connectivity index (χ1v) is 5.88. The van der Waals surface area contributed by atoms with Gasteiger partial charge in [-0.05, 0) is 5.56 Å². The van der Waals surface area contributed by atoms with Crippen molar-refractivity contribution in [1.82, 2.24) is 0 Å². The van der Waals surface area contributed by atoms with E-state index in [1.807, 2.05) is 30.3 Å². The van der Waals surface area contributed by atoms with Gasteiger partial charge < -0.3 is 0 Å². The van der Waals surface area contributed by atoms with Crippen LogP contribution in [0.25, 0.3) is 0 Å². The van der Waals surface area contributed by atoms with Gasteiger partial charge in [0.1, 0.15) is 0 Å². The molecule has 0 amide bonds. The molecule has 0 bridgehead atoms. The maximum absolute atomic E-state index is 9.92. The summed E-state index contributed by atoms with van der Waals surface area (Å²) in [4.78, 5) is 0. The maximum Gasteiger partial charge on any atom is 0.399 e. The molecule has 0 saturated carbocycles. The second kappa shape index (κ2) is 7.64. The van der Waals surface area contributed by atoms with E-state index in [1.54, 1.807) is 0 Å². The van der Waals surface area contributed by atoms with E-state index < -0.39 is 10.4 Å². The minimum Gasteiger partial charge on any atom is -0.252 e. The predicted octanol–water partition coefficient (Wildman–Crippen LogP) is 1.95. The van der Waals surface area contributed by atoms with Gasteiger partial charge in [0.05, 0.1) is 14.2 Å². The molecule has 0 radical (unpaired) electrons. The molecule has 0 N–H and O–H groups in total. The average Bonchev–Trinajstić information content (AvgIpc) is 2.31. The smallest absolute Gasteiger partial charge is 0.252 e. The minimum absolute atomic E-state index is 0.612. The summed E-state index contributed by atoms with van der Waals surface area (Å²) in [6.07, 6.45) is 0. The second-order valence-electron chi connectivity index (χ2n) is 2.36. The van der Waals surface area contributed by atoms with Gasteiger partial charge in [-0.15, -0.1) is 11.6 Å². The normalized spacial score (nSPS) is 10.3. The lowest BCUT2D eigenvalue weighted by Gasteiger charge is -1.91. The van der Waals surface area contributed by atoms with Crippen LogP contribution >= 0.6 is 11.6 Å². The monoisotopic (exact) mass is 252 g/mol. The Morgan fingerprint density at radius 1 is 1.13 bits per heavy atom. The molecule has 0 aliphatic rings. The molecule has 0 spiro atoms. The highest BCUT2D eigenvalue weighted by Crippen LogP contribution is 2.00. The third-order valence-corrected chi connectivity index (χ3v) is 2.53. The zero-order valence-electron chi connectivity index (χ0n) is 8.51. The standard InChI is InChI=1S/C7H7Cl.C2H6O4S/c8-6-7-4-2-1-3-5-7;1-5-7(3,4)6-2/h1-5H,6H2;1-2H3. The second-order valence-corrected chi connectivity index (χ2v) is 4.11.